The molecule has 0 fully saturated rings. The molecule has 0 radical (unpaired) electrons. The van der Waals surface area contributed by atoms with Gasteiger partial charge in [0.1, 0.15) is 4.88 Å². The van der Waals surface area contributed by atoms with Gasteiger partial charge in [-0.15, -0.1) is 11.3 Å². The number of nitrogens with one attached hydrogen (secondary N) is 1. The molecule has 0 aliphatic rings. The Labute approximate surface area is 155 Å². The third-order valence-corrected chi connectivity index (χ3v) is 6.02. The number of amides is 1. The molecule has 4 rings (SSSR count). The van der Waals surface area contributed by atoms with Crippen molar-refractivity contribution in [3.8, 4) is 0 Å². The molecule has 4 aromatic rings. The number of fused-ring (bicyclic) bond motifs is 2. The van der Waals surface area contributed by atoms with Gasteiger partial charge in [-0.1, -0.05) is 60.1 Å². The first-order valence-corrected chi connectivity index (χ1v) is 9.22. The summed E-state index contributed by atoms with van der Waals surface area (Å²) in [5, 5.41) is 6.65. The molecule has 0 unspecified atom stereocenters. The molecular formula is C21H16ClNOS. The fourth-order valence-corrected chi connectivity index (χ4v) is 4.55. The van der Waals surface area contributed by atoms with Crippen molar-refractivity contribution >= 4 is 55.4 Å². The predicted molar refractivity (Wildman–Crippen MR) is 108 cm³/mol. The second-order valence-corrected chi connectivity index (χ2v) is 7.61. The van der Waals surface area contributed by atoms with E-state index in [0.29, 0.717) is 9.90 Å². The van der Waals surface area contributed by atoms with Gasteiger partial charge in [0.05, 0.1) is 10.7 Å². The van der Waals surface area contributed by atoms with E-state index in [9.17, 15) is 4.79 Å². The molecule has 0 atom stereocenters. The van der Waals surface area contributed by atoms with Crippen molar-refractivity contribution in [2.75, 3.05) is 5.32 Å². The van der Waals surface area contributed by atoms with Gasteiger partial charge in [0.2, 0.25) is 0 Å². The molecule has 1 amide bonds. The topological polar surface area (TPSA) is 29.1 Å². The van der Waals surface area contributed by atoms with Crippen molar-refractivity contribution in [3.05, 3.63) is 75.6 Å². The van der Waals surface area contributed by atoms with E-state index in [1.165, 1.54) is 11.3 Å². The molecule has 1 heterocycles. The number of thiophene rings is 1. The zero-order valence-electron chi connectivity index (χ0n) is 13.9. The Balaban J connectivity index is 1.79. The van der Waals surface area contributed by atoms with E-state index in [1.807, 2.05) is 56.3 Å². The highest BCUT2D eigenvalue weighted by atomic mass is 35.5. The SMILES string of the molecule is Cc1ccc2c(Cl)c(C(=O)Nc3c(C)ccc4ccccc34)sc2c1. The lowest BCUT2D eigenvalue weighted by Gasteiger charge is -2.11. The number of rotatable bonds is 2. The first kappa shape index (κ1) is 16.1. The minimum atomic E-state index is -0.164. The van der Waals surface area contributed by atoms with E-state index in [1.54, 1.807) is 0 Å². The molecule has 0 saturated carbocycles. The van der Waals surface area contributed by atoms with Gasteiger partial charge in [0.15, 0.2) is 0 Å². The van der Waals surface area contributed by atoms with Gasteiger partial charge >= 0.3 is 0 Å². The Kier molecular flexibility index (Phi) is 3.98. The highest BCUT2D eigenvalue weighted by Gasteiger charge is 2.18. The number of benzene rings is 3. The van der Waals surface area contributed by atoms with Gasteiger partial charge in [-0.25, -0.2) is 0 Å². The van der Waals surface area contributed by atoms with Crippen LogP contribution in [0.3, 0.4) is 0 Å². The lowest BCUT2D eigenvalue weighted by molar-refractivity contribution is 0.103. The molecule has 0 saturated heterocycles. The summed E-state index contributed by atoms with van der Waals surface area (Å²) in [6, 6.07) is 18.2. The number of carbonyl (C=O) groups excluding carboxylic acids is 1. The summed E-state index contributed by atoms with van der Waals surface area (Å²) in [6.45, 7) is 4.03. The number of aryl methyl sites for hydroxylation is 2. The Morgan fingerprint density at radius 3 is 2.64 bits per heavy atom. The van der Waals surface area contributed by atoms with Crippen LogP contribution in [0.2, 0.25) is 5.02 Å². The minimum Gasteiger partial charge on any atom is -0.320 e. The summed E-state index contributed by atoms with van der Waals surface area (Å²) in [6.07, 6.45) is 0. The van der Waals surface area contributed by atoms with Crippen LogP contribution in [-0.2, 0) is 0 Å². The van der Waals surface area contributed by atoms with Gasteiger partial charge in [-0.05, 0) is 36.4 Å². The van der Waals surface area contributed by atoms with Gasteiger partial charge in [-0.2, -0.15) is 0 Å². The van der Waals surface area contributed by atoms with Crippen molar-refractivity contribution in [2.45, 2.75) is 13.8 Å². The highest BCUT2D eigenvalue weighted by molar-refractivity contribution is 7.21. The van der Waals surface area contributed by atoms with E-state index in [4.69, 9.17) is 11.6 Å². The fraction of sp³-hybridized carbons (Fsp3) is 0.0952. The Bertz CT molecular complexity index is 1130. The van der Waals surface area contributed by atoms with Crippen molar-refractivity contribution in [1.82, 2.24) is 0 Å². The molecule has 0 bridgehead atoms. The molecule has 0 spiro atoms. The van der Waals surface area contributed by atoms with E-state index in [-0.39, 0.29) is 5.91 Å². The maximum atomic E-state index is 12.9. The summed E-state index contributed by atoms with van der Waals surface area (Å²) in [7, 11) is 0. The lowest BCUT2D eigenvalue weighted by Crippen LogP contribution is -2.12. The summed E-state index contributed by atoms with van der Waals surface area (Å²) < 4.78 is 1.03. The maximum Gasteiger partial charge on any atom is 0.267 e. The van der Waals surface area contributed by atoms with Crippen LogP contribution < -0.4 is 5.32 Å². The average Bonchev–Trinajstić information content (AvgIpc) is 2.93. The van der Waals surface area contributed by atoms with Crippen LogP contribution in [0.25, 0.3) is 20.9 Å². The van der Waals surface area contributed by atoms with Gasteiger partial charge in [0, 0.05) is 15.5 Å². The average molecular weight is 366 g/mol. The number of hydrogen-bond acceptors (Lipinski definition) is 2. The first-order valence-electron chi connectivity index (χ1n) is 8.03. The largest absolute Gasteiger partial charge is 0.320 e. The molecule has 0 aliphatic heterocycles. The van der Waals surface area contributed by atoms with Gasteiger partial charge in [-0.3, -0.25) is 4.79 Å². The van der Waals surface area contributed by atoms with Crippen molar-refractivity contribution in [1.29, 1.82) is 0 Å². The standard InChI is InChI=1S/C21H16ClNOS/c1-12-7-10-16-17(11-12)25-20(18(16)22)21(24)23-19-13(2)8-9-14-5-3-4-6-15(14)19/h3-11H,1-2H3,(H,23,24). The summed E-state index contributed by atoms with van der Waals surface area (Å²) in [5.74, 6) is -0.164. The second-order valence-electron chi connectivity index (χ2n) is 6.18. The fourth-order valence-electron chi connectivity index (χ4n) is 3.04. The highest BCUT2D eigenvalue weighted by Crippen LogP contribution is 2.37. The molecule has 4 heteroatoms. The molecule has 124 valence electrons. The zero-order chi connectivity index (χ0) is 17.6. The van der Waals surface area contributed by atoms with Crippen LogP contribution in [0, 0.1) is 13.8 Å². The predicted octanol–water partition coefficient (Wildman–Crippen LogP) is 6.58. The summed E-state index contributed by atoms with van der Waals surface area (Å²) >= 11 is 7.91. The van der Waals surface area contributed by atoms with E-state index in [2.05, 4.69) is 17.4 Å². The second kappa shape index (κ2) is 6.17. The van der Waals surface area contributed by atoms with Crippen molar-refractivity contribution < 1.29 is 4.79 Å². The number of carbonyl (C=O) groups is 1. The molecule has 25 heavy (non-hydrogen) atoms. The first-order chi connectivity index (χ1) is 12.0. The minimum absolute atomic E-state index is 0.164. The van der Waals surface area contributed by atoms with Gasteiger partial charge in [0.25, 0.3) is 5.91 Å². The van der Waals surface area contributed by atoms with Crippen LogP contribution in [0.1, 0.15) is 20.8 Å². The van der Waals surface area contributed by atoms with Crippen molar-refractivity contribution in [2.24, 2.45) is 0 Å². The van der Waals surface area contributed by atoms with E-state index < -0.39 is 0 Å². The molecular weight excluding hydrogens is 350 g/mol. The number of hydrogen-bond donors (Lipinski definition) is 1. The maximum absolute atomic E-state index is 12.9. The van der Waals surface area contributed by atoms with Crippen LogP contribution >= 0.6 is 22.9 Å². The van der Waals surface area contributed by atoms with E-state index in [0.717, 1.165) is 37.7 Å². The Morgan fingerprint density at radius 2 is 1.80 bits per heavy atom. The summed E-state index contributed by atoms with van der Waals surface area (Å²) in [5.41, 5.74) is 3.02. The molecule has 1 aromatic heterocycles. The molecule has 2 nitrogen and oxygen atoms in total. The Hall–Kier alpha value is -2.36. The third kappa shape index (κ3) is 2.80. The normalized spacial score (nSPS) is 11.2. The monoisotopic (exact) mass is 365 g/mol. The quantitative estimate of drug-likeness (QED) is 0.427. The molecule has 1 N–H and O–H groups in total. The zero-order valence-corrected chi connectivity index (χ0v) is 15.5. The summed E-state index contributed by atoms with van der Waals surface area (Å²) in [4.78, 5) is 13.5. The van der Waals surface area contributed by atoms with E-state index >= 15 is 0 Å². The molecule has 0 aliphatic carbocycles. The third-order valence-electron chi connectivity index (χ3n) is 4.37. The lowest BCUT2D eigenvalue weighted by atomic mass is 10.0. The Morgan fingerprint density at radius 1 is 1.00 bits per heavy atom. The van der Waals surface area contributed by atoms with Crippen LogP contribution in [0.5, 0.6) is 0 Å². The van der Waals surface area contributed by atoms with Crippen LogP contribution in [0.15, 0.2) is 54.6 Å². The number of halogens is 1. The van der Waals surface area contributed by atoms with Crippen LogP contribution in [-0.4, -0.2) is 5.91 Å². The van der Waals surface area contributed by atoms with Crippen LogP contribution in [0.4, 0.5) is 5.69 Å². The number of anilines is 1. The molecule has 3 aromatic carbocycles. The van der Waals surface area contributed by atoms with Gasteiger partial charge < -0.3 is 5.32 Å². The smallest absolute Gasteiger partial charge is 0.267 e. The van der Waals surface area contributed by atoms with Crippen molar-refractivity contribution in [3.63, 3.8) is 0 Å².